The minimum atomic E-state index is -0.145. The predicted molar refractivity (Wildman–Crippen MR) is 40.1 cm³/mol. The first kappa shape index (κ1) is 9.47. The van der Waals surface area contributed by atoms with Crippen LogP contribution >= 0.6 is 0 Å². The number of ether oxygens (including phenoxy) is 1. The second kappa shape index (κ2) is 5.27. The molecule has 0 saturated carbocycles. The highest BCUT2D eigenvalue weighted by molar-refractivity contribution is 5.71. The minimum Gasteiger partial charge on any atom is -0.458 e. The third-order valence-electron chi connectivity index (χ3n) is 1.08. The van der Waals surface area contributed by atoms with Crippen LogP contribution in [-0.4, -0.2) is 5.97 Å². The van der Waals surface area contributed by atoms with Gasteiger partial charge in [0.1, 0.15) is 6.61 Å². The van der Waals surface area contributed by atoms with Gasteiger partial charge in [-0.3, -0.25) is 4.79 Å². The molecule has 0 amide bonds. The van der Waals surface area contributed by atoms with Gasteiger partial charge in [0, 0.05) is 0 Å². The monoisotopic (exact) mass is 143 g/mol. The molecule has 0 unspecified atom stereocenters. The molecule has 0 spiro atoms. The van der Waals surface area contributed by atoms with Crippen molar-refractivity contribution in [1.82, 2.24) is 0 Å². The zero-order valence-electron chi connectivity index (χ0n) is 6.89. The number of hydrogen-bond donors (Lipinski definition) is 0. The number of carbonyl (C=O) groups is 1. The first-order chi connectivity index (χ1) is 4.68. The van der Waals surface area contributed by atoms with Crippen molar-refractivity contribution in [3.8, 4) is 0 Å². The topological polar surface area (TPSA) is 26.3 Å². The van der Waals surface area contributed by atoms with Crippen molar-refractivity contribution >= 4 is 5.97 Å². The average molecular weight is 143 g/mol. The van der Waals surface area contributed by atoms with Crippen LogP contribution in [0.25, 0.3) is 0 Å². The molecule has 0 N–H and O–H groups in total. The molecule has 0 aliphatic rings. The Balaban J connectivity index is 3.22. The van der Waals surface area contributed by atoms with Gasteiger partial charge in [-0.2, -0.15) is 0 Å². The lowest BCUT2D eigenvalue weighted by Gasteiger charge is -2.03. The summed E-state index contributed by atoms with van der Waals surface area (Å²) in [4.78, 5) is 10.8. The molecular formula is C8H15O2. The molecule has 0 aromatic carbocycles. The molecule has 0 aromatic heterocycles. The second-order valence-electron chi connectivity index (χ2n) is 2.55. The lowest BCUT2D eigenvalue weighted by Crippen LogP contribution is -2.09. The second-order valence-corrected chi connectivity index (χ2v) is 2.55. The molecule has 0 fully saturated rings. The quantitative estimate of drug-likeness (QED) is 0.445. The third kappa shape index (κ3) is 4.36. The van der Waals surface area contributed by atoms with E-state index in [1.807, 2.05) is 20.8 Å². The van der Waals surface area contributed by atoms with Crippen molar-refractivity contribution in [3.63, 3.8) is 0 Å². The summed E-state index contributed by atoms with van der Waals surface area (Å²) < 4.78 is 4.78. The summed E-state index contributed by atoms with van der Waals surface area (Å²) in [7, 11) is 0. The Hall–Kier alpha value is -0.530. The summed E-state index contributed by atoms with van der Waals surface area (Å²) in [6.07, 6.45) is 1.86. The number of carbonyl (C=O) groups excluding carboxylic acids is 1. The SMILES string of the molecule is CCC[CH]OC(=O)C(C)C. The van der Waals surface area contributed by atoms with Gasteiger partial charge in [-0.25, -0.2) is 0 Å². The lowest BCUT2D eigenvalue weighted by molar-refractivity contribution is -0.143. The van der Waals surface area contributed by atoms with Crippen LogP contribution in [0.5, 0.6) is 0 Å². The van der Waals surface area contributed by atoms with Gasteiger partial charge < -0.3 is 4.74 Å². The fourth-order valence-corrected chi connectivity index (χ4v) is 0.395. The Morgan fingerprint density at radius 1 is 1.60 bits per heavy atom. The lowest BCUT2D eigenvalue weighted by atomic mass is 10.2. The van der Waals surface area contributed by atoms with Crippen LogP contribution in [0.4, 0.5) is 0 Å². The number of esters is 1. The van der Waals surface area contributed by atoms with Crippen LogP contribution < -0.4 is 0 Å². The van der Waals surface area contributed by atoms with Gasteiger partial charge in [-0.15, -0.1) is 0 Å². The fraction of sp³-hybridized carbons (Fsp3) is 0.750. The molecule has 2 heteroatoms. The zero-order valence-corrected chi connectivity index (χ0v) is 6.89. The summed E-state index contributed by atoms with van der Waals surface area (Å²) in [5, 5.41) is 0. The van der Waals surface area contributed by atoms with E-state index in [-0.39, 0.29) is 11.9 Å². The third-order valence-corrected chi connectivity index (χ3v) is 1.08. The van der Waals surface area contributed by atoms with Crippen molar-refractivity contribution in [1.29, 1.82) is 0 Å². The molecule has 0 heterocycles. The van der Waals surface area contributed by atoms with Crippen LogP contribution in [-0.2, 0) is 9.53 Å². The van der Waals surface area contributed by atoms with Gasteiger partial charge in [-0.1, -0.05) is 27.2 Å². The van der Waals surface area contributed by atoms with Gasteiger partial charge in [0.25, 0.3) is 0 Å². The standard InChI is InChI=1S/C8H15O2/c1-4-5-6-10-8(9)7(2)3/h6-7H,4-5H2,1-3H3. The largest absolute Gasteiger partial charge is 0.458 e. The number of hydrogen-bond acceptors (Lipinski definition) is 2. The van der Waals surface area contributed by atoms with Crippen LogP contribution in [0.15, 0.2) is 0 Å². The first-order valence-electron chi connectivity index (χ1n) is 3.70. The first-order valence-corrected chi connectivity index (χ1v) is 3.70. The number of unbranched alkanes of at least 4 members (excludes halogenated alkanes) is 1. The maximum absolute atomic E-state index is 10.8. The predicted octanol–water partition coefficient (Wildman–Crippen LogP) is 2.15. The highest BCUT2D eigenvalue weighted by atomic mass is 16.5. The summed E-state index contributed by atoms with van der Waals surface area (Å²) in [5.41, 5.74) is 0. The molecule has 59 valence electrons. The smallest absolute Gasteiger partial charge is 0.308 e. The van der Waals surface area contributed by atoms with Crippen molar-refractivity contribution < 1.29 is 9.53 Å². The Kier molecular flexibility index (Phi) is 4.99. The van der Waals surface area contributed by atoms with Gasteiger partial charge in [0.15, 0.2) is 0 Å². The molecule has 10 heavy (non-hydrogen) atoms. The van der Waals surface area contributed by atoms with E-state index in [1.54, 1.807) is 6.61 Å². The molecule has 0 saturated heterocycles. The molecule has 0 bridgehead atoms. The molecule has 0 aromatic rings. The van der Waals surface area contributed by atoms with Crippen LogP contribution in [0.3, 0.4) is 0 Å². The van der Waals surface area contributed by atoms with E-state index in [2.05, 4.69) is 0 Å². The van der Waals surface area contributed by atoms with Crippen LogP contribution in [0.2, 0.25) is 0 Å². The molecule has 0 aliphatic carbocycles. The van der Waals surface area contributed by atoms with E-state index in [4.69, 9.17) is 4.74 Å². The van der Waals surface area contributed by atoms with Gasteiger partial charge in [0.2, 0.25) is 0 Å². The molecule has 0 aliphatic heterocycles. The Labute approximate surface area is 62.6 Å². The van der Waals surface area contributed by atoms with Crippen molar-refractivity contribution in [3.05, 3.63) is 6.61 Å². The summed E-state index contributed by atoms with van der Waals surface area (Å²) in [6.45, 7) is 7.26. The van der Waals surface area contributed by atoms with E-state index in [0.29, 0.717) is 0 Å². The molecule has 0 rings (SSSR count). The normalized spacial score (nSPS) is 10.0. The summed E-state index contributed by atoms with van der Waals surface area (Å²) >= 11 is 0. The maximum atomic E-state index is 10.8. The molecule has 2 nitrogen and oxygen atoms in total. The van der Waals surface area contributed by atoms with E-state index in [9.17, 15) is 4.79 Å². The summed E-state index contributed by atoms with van der Waals surface area (Å²) in [5.74, 6) is -0.165. The molecule has 0 atom stereocenters. The van der Waals surface area contributed by atoms with Crippen molar-refractivity contribution in [2.45, 2.75) is 33.6 Å². The Morgan fingerprint density at radius 3 is 2.60 bits per heavy atom. The molecular weight excluding hydrogens is 128 g/mol. The van der Waals surface area contributed by atoms with Gasteiger partial charge in [-0.05, 0) is 6.42 Å². The Bertz CT molecular complexity index is 97.4. The fourth-order valence-electron chi connectivity index (χ4n) is 0.395. The van der Waals surface area contributed by atoms with E-state index < -0.39 is 0 Å². The van der Waals surface area contributed by atoms with Crippen molar-refractivity contribution in [2.75, 3.05) is 0 Å². The average Bonchev–Trinajstić information content (AvgIpc) is 1.88. The summed E-state index contributed by atoms with van der Waals surface area (Å²) in [6, 6.07) is 0. The van der Waals surface area contributed by atoms with E-state index in [1.165, 1.54) is 0 Å². The van der Waals surface area contributed by atoms with Crippen molar-refractivity contribution in [2.24, 2.45) is 5.92 Å². The maximum Gasteiger partial charge on any atom is 0.308 e. The highest BCUT2D eigenvalue weighted by Crippen LogP contribution is 2.00. The Morgan fingerprint density at radius 2 is 2.20 bits per heavy atom. The zero-order chi connectivity index (χ0) is 7.98. The van der Waals surface area contributed by atoms with E-state index >= 15 is 0 Å². The highest BCUT2D eigenvalue weighted by Gasteiger charge is 2.06. The molecule has 1 radical (unpaired) electrons. The minimum absolute atomic E-state index is 0.0203. The van der Waals surface area contributed by atoms with Gasteiger partial charge in [0.05, 0.1) is 5.92 Å². The van der Waals surface area contributed by atoms with Gasteiger partial charge >= 0.3 is 5.97 Å². The number of rotatable bonds is 4. The van der Waals surface area contributed by atoms with E-state index in [0.717, 1.165) is 12.8 Å². The van der Waals surface area contributed by atoms with Crippen LogP contribution in [0.1, 0.15) is 33.6 Å². The van der Waals surface area contributed by atoms with Crippen LogP contribution in [0, 0.1) is 12.5 Å².